The van der Waals surface area contributed by atoms with Gasteiger partial charge in [-0.15, -0.1) is 0 Å². The van der Waals surface area contributed by atoms with Crippen molar-refractivity contribution >= 4 is 21.7 Å². The van der Waals surface area contributed by atoms with Gasteiger partial charge in [-0.25, -0.2) is 18.4 Å². The lowest BCUT2D eigenvalue weighted by atomic mass is 10.1. The molecule has 0 bridgehead atoms. The smallest absolute Gasteiger partial charge is 0.270 e. The SMILES string of the molecule is Cc1ccc(CNC(=O)c2ccnc(NC3CCS(=O)(=O)C3)n2)cc1. The van der Waals surface area contributed by atoms with Gasteiger partial charge in [0.05, 0.1) is 11.5 Å². The highest BCUT2D eigenvalue weighted by Crippen LogP contribution is 2.15. The van der Waals surface area contributed by atoms with E-state index in [1.54, 1.807) is 0 Å². The summed E-state index contributed by atoms with van der Waals surface area (Å²) in [5.74, 6) is 0.205. The average molecular weight is 360 g/mol. The zero-order valence-electron chi connectivity index (χ0n) is 13.9. The summed E-state index contributed by atoms with van der Waals surface area (Å²) < 4.78 is 23.0. The largest absolute Gasteiger partial charge is 0.350 e. The lowest BCUT2D eigenvalue weighted by Crippen LogP contribution is -2.26. The van der Waals surface area contributed by atoms with Gasteiger partial charge in [-0.3, -0.25) is 4.79 Å². The molecule has 0 aliphatic carbocycles. The van der Waals surface area contributed by atoms with E-state index in [-0.39, 0.29) is 35.1 Å². The molecule has 1 amide bonds. The molecule has 1 saturated heterocycles. The lowest BCUT2D eigenvalue weighted by Gasteiger charge is -2.11. The lowest BCUT2D eigenvalue weighted by molar-refractivity contribution is 0.0946. The summed E-state index contributed by atoms with van der Waals surface area (Å²) in [6, 6.07) is 9.22. The van der Waals surface area contributed by atoms with Crippen molar-refractivity contribution in [2.24, 2.45) is 0 Å². The minimum Gasteiger partial charge on any atom is -0.350 e. The molecule has 2 N–H and O–H groups in total. The normalized spacial score (nSPS) is 18.7. The van der Waals surface area contributed by atoms with Crippen LogP contribution < -0.4 is 10.6 Å². The van der Waals surface area contributed by atoms with Crippen molar-refractivity contribution in [2.75, 3.05) is 16.8 Å². The quantitative estimate of drug-likeness (QED) is 0.834. The Kier molecular flexibility index (Phi) is 4.98. The first-order valence-corrected chi connectivity index (χ1v) is 9.87. The van der Waals surface area contributed by atoms with E-state index in [2.05, 4.69) is 20.6 Å². The van der Waals surface area contributed by atoms with Crippen LogP contribution in [0.4, 0.5) is 5.95 Å². The number of hydrogen-bond donors (Lipinski definition) is 2. The van der Waals surface area contributed by atoms with E-state index >= 15 is 0 Å². The summed E-state index contributed by atoms with van der Waals surface area (Å²) in [4.78, 5) is 20.5. The van der Waals surface area contributed by atoms with E-state index < -0.39 is 9.84 Å². The maximum Gasteiger partial charge on any atom is 0.270 e. The van der Waals surface area contributed by atoms with Gasteiger partial charge < -0.3 is 10.6 Å². The number of benzene rings is 1. The zero-order valence-corrected chi connectivity index (χ0v) is 14.7. The number of nitrogens with zero attached hydrogens (tertiary/aromatic N) is 2. The molecule has 132 valence electrons. The van der Waals surface area contributed by atoms with Crippen LogP contribution >= 0.6 is 0 Å². The topological polar surface area (TPSA) is 101 Å². The third-order valence-electron chi connectivity index (χ3n) is 4.03. The number of hydrogen-bond acceptors (Lipinski definition) is 6. The van der Waals surface area contributed by atoms with E-state index in [1.165, 1.54) is 12.3 Å². The molecule has 25 heavy (non-hydrogen) atoms. The van der Waals surface area contributed by atoms with Crippen molar-refractivity contribution in [1.29, 1.82) is 0 Å². The number of rotatable bonds is 5. The highest BCUT2D eigenvalue weighted by atomic mass is 32.2. The number of carbonyl (C=O) groups is 1. The molecule has 1 aromatic heterocycles. The fourth-order valence-corrected chi connectivity index (χ4v) is 4.30. The third kappa shape index (κ3) is 4.76. The van der Waals surface area contributed by atoms with Crippen LogP contribution in [-0.2, 0) is 16.4 Å². The molecule has 0 spiro atoms. The van der Waals surface area contributed by atoms with Gasteiger partial charge in [0.2, 0.25) is 5.95 Å². The summed E-state index contributed by atoms with van der Waals surface area (Å²) >= 11 is 0. The third-order valence-corrected chi connectivity index (χ3v) is 5.80. The van der Waals surface area contributed by atoms with Crippen LogP contribution in [0.3, 0.4) is 0 Å². The number of anilines is 1. The number of nitrogens with one attached hydrogen (secondary N) is 2. The number of sulfone groups is 1. The second kappa shape index (κ2) is 7.18. The molecule has 1 unspecified atom stereocenters. The molecule has 1 fully saturated rings. The van der Waals surface area contributed by atoms with Crippen molar-refractivity contribution in [3.63, 3.8) is 0 Å². The number of carbonyl (C=O) groups excluding carboxylic acids is 1. The summed E-state index contributed by atoms with van der Waals surface area (Å²) in [6.45, 7) is 2.42. The Morgan fingerprint density at radius 2 is 2.00 bits per heavy atom. The predicted molar refractivity (Wildman–Crippen MR) is 95.1 cm³/mol. The van der Waals surface area contributed by atoms with Crippen LogP contribution in [-0.4, -0.2) is 41.8 Å². The molecule has 2 heterocycles. The first-order valence-electron chi connectivity index (χ1n) is 8.05. The maximum absolute atomic E-state index is 12.3. The fraction of sp³-hybridized carbons (Fsp3) is 0.353. The van der Waals surface area contributed by atoms with E-state index in [0.29, 0.717) is 13.0 Å². The van der Waals surface area contributed by atoms with Crippen molar-refractivity contribution in [3.8, 4) is 0 Å². The Labute approximate surface area is 146 Å². The minimum absolute atomic E-state index is 0.0697. The Hall–Kier alpha value is -2.48. The van der Waals surface area contributed by atoms with E-state index in [4.69, 9.17) is 0 Å². The van der Waals surface area contributed by atoms with E-state index in [0.717, 1.165) is 11.1 Å². The molecular weight excluding hydrogens is 340 g/mol. The molecule has 8 heteroatoms. The van der Waals surface area contributed by atoms with Gasteiger partial charge in [-0.2, -0.15) is 0 Å². The van der Waals surface area contributed by atoms with Crippen molar-refractivity contribution < 1.29 is 13.2 Å². The summed E-state index contributed by atoms with van der Waals surface area (Å²) in [5.41, 5.74) is 2.41. The minimum atomic E-state index is -2.98. The van der Waals surface area contributed by atoms with Gasteiger partial charge in [0.15, 0.2) is 9.84 Å². The second-order valence-corrected chi connectivity index (χ2v) is 8.41. The predicted octanol–water partition coefficient (Wildman–Crippen LogP) is 1.31. The molecule has 0 radical (unpaired) electrons. The van der Waals surface area contributed by atoms with Gasteiger partial charge in [0, 0.05) is 18.8 Å². The molecule has 1 aliphatic heterocycles. The van der Waals surface area contributed by atoms with Crippen molar-refractivity contribution in [1.82, 2.24) is 15.3 Å². The van der Waals surface area contributed by atoms with Crippen molar-refractivity contribution in [2.45, 2.75) is 25.9 Å². The standard InChI is InChI=1S/C17H20N4O3S/c1-12-2-4-13(5-3-12)10-19-16(22)15-6-8-18-17(21-15)20-14-7-9-25(23,24)11-14/h2-6,8,14H,7,9-11H2,1H3,(H,19,22)(H,18,20,21). The van der Waals surface area contributed by atoms with Gasteiger partial charge in [0.1, 0.15) is 5.69 Å². The van der Waals surface area contributed by atoms with Gasteiger partial charge in [0.25, 0.3) is 5.91 Å². The van der Waals surface area contributed by atoms with Crippen LogP contribution in [0.15, 0.2) is 36.5 Å². The molecule has 2 aromatic rings. The van der Waals surface area contributed by atoms with Crippen LogP contribution in [0.1, 0.15) is 28.0 Å². The number of aryl methyl sites for hydroxylation is 1. The van der Waals surface area contributed by atoms with E-state index in [1.807, 2.05) is 31.2 Å². The Balaban J connectivity index is 1.60. The van der Waals surface area contributed by atoms with Crippen molar-refractivity contribution in [3.05, 3.63) is 53.3 Å². The van der Waals surface area contributed by atoms with Crippen LogP contribution in [0, 0.1) is 6.92 Å². The van der Waals surface area contributed by atoms with Gasteiger partial charge in [-0.05, 0) is 25.0 Å². The zero-order chi connectivity index (χ0) is 17.9. The fourth-order valence-electron chi connectivity index (χ4n) is 2.62. The summed E-state index contributed by atoms with van der Waals surface area (Å²) in [7, 11) is -2.98. The number of amides is 1. The Bertz CT molecular complexity index is 866. The molecule has 1 aromatic carbocycles. The first kappa shape index (κ1) is 17.3. The van der Waals surface area contributed by atoms with Gasteiger partial charge in [-0.1, -0.05) is 29.8 Å². The molecular formula is C17H20N4O3S. The van der Waals surface area contributed by atoms with Crippen LogP contribution in [0.5, 0.6) is 0 Å². The molecule has 1 aliphatic rings. The average Bonchev–Trinajstić information content (AvgIpc) is 2.93. The first-order chi connectivity index (χ1) is 11.9. The molecule has 0 saturated carbocycles. The Morgan fingerprint density at radius 3 is 2.68 bits per heavy atom. The molecule has 7 nitrogen and oxygen atoms in total. The highest BCUT2D eigenvalue weighted by molar-refractivity contribution is 7.91. The maximum atomic E-state index is 12.3. The second-order valence-electron chi connectivity index (χ2n) is 6.18. The van der Waals surface area contributed by atoms with E-state index in [9.17, 15) is 13.2 Å². The highest BCUT2D eigenvalue weighted by Gasteiger charge is 2.28. The molecule has 1 atom stereocenters. The monoisotopic (exact) mass is 360 g/mol. The summed E-state index contributed by atoms with van der Waals surface area (Å²) in [6.07, 6.45) is 2.01. The number of aromatic nitrogens is 2. The van der Waals surface area contributed by atoms with Gasteiger partial charge >= 0.3 is 0 Å². The Morgan fingerprint density at radius 1 is 1.24 bits per heavy atom. The van der Waals surface area contributed by atoms with Crippen LogP contribution in [0.2, 0.25) is 0 Å². The molecule has 3 rings (SSSR count). The van der Waals surface area contributed by atoms with Crippen LogP contribution in [0.25, 0.3) is 0 Å². The summed E-state index contributed by atoms with van der Waals surface area (Å²) in [5, 5.41) is 5.81.